The van der Waals surface area contributed by atoms with E-state index < -0.39 is 62.0 Å². The number of sulfone groups is 1. The minimum absolute atomic E-state index is 0.00229. The van der Waals surface area contributed by atoms with E-state index in [4.69, 9.17) is 0 Å². The first-order valence-electron chi connectivity index (χ1n) is 9.78. The van der Waals surface area contributed by atoms with Crippen molar-refractivity contribution in [1.29, 1.82) is 0 Å². The summed E-state index contributed by atoms with van der Waals surface area (Å²) in [6, 6.07) is 0.139. The fraction of sp³-hybridized carbons (Fsp3) is 0.579. The van der Waals surface area contributed by atoms with Gasteiger partial charge in [-0.2, -0.15) is 31.3 Å². The van der Waals surface area contributed by atoms with Gasteiger partial charge in [0.15, 0.2) is 15.0 Å². The van der Waals surface area contributed by atoms with E-state index in [0.29, 0.717) is 18.6 Å². The van der Waals surface area contributed by atoms with Crippen molar-refractivity contribution in [1.82, 2.24) is 0 Å². The lowest BCUT2D eigenvalue weighted by Gasteiger charge is -2.26. The summed E-state index contributed by atoms with van der Waals surface area (Å²) in [7, 11) is -3.54. The first-order chi connectivity index (χ1) is 14.7. The molecule has 1 aromatic rings. The minimum atomic E-state index is -5.06. The summed E-state index contributed by atoms with van der Waals surface area (Å²) in [6.07, 6.45) is -7.89. The Bertz CT molecular complexity index is 989. The first-order valence-corrected chi connectivity index (χ1v) is 12.5. The number of aliphatic imine (C=N–C) groups is 1. The van der Waals surface area contributed by atoms with Gasteiger partial charge < -0.3 is 4.90 Å². The third-order valence-corrected chi connectivity index (χ3v) is 8.34. The largest absolute Gasteiger partial charge is 0.416 e. The highest BCUT2D eigenvalue weighted by atomic mass is 32.2. The highest BCUT2D eigenvalue weighted by Gasteiger charge is 2.50. The summed E-state index contributed by atoms with van der Waals surface area (Å²) in [5.41, 5.74) is -3.54. The summed E-state index contributed by atoms with van der Waals surface area (Å²) in [5, 5.41) is -0.727. The van der Waals surface area contributed by atoms with Gasteiger partial charge in [-0.25, -0.2) is 8.42 Å². The molecule has 1 amide bonds. The van der Waals surface area contributed by atoms with E-state index in [-0.39, 0.29) is 23.4 Å². The molecule has 0 bridgehead atoms. The van der Waals surface area contributed by atoms with Crippen LogP contribution in [-0.2, 0) is 27.0 Å². The van der Waals surface area contributed by atoms with Crippen LogP contribution in [0.5, 0.6) is 0 Å². The molecule has 0 aliphatic carbocycles. The molecule has 0 unspecified atom stereocenters. The number of anilines is 1. The Labute approximate surface area is 185 Å². The summed E-state index contributed by atoms with van der Waals surface area (Å²) in [6.45, 7) is 1.93. The molecule has 2 atom stereocenters. The van der Waals surface area contributed by atoms with E-state index in [2.05, 4.69) is 4.99 Å². The Balaban J connectivity index is 2.08. The summed E-state index contributed by atoms with van der Waals surface area (Å²) < 4.78 is 104. The Morgan fingerprint density at radius 3 is 2.19 bits per heavy atom. The highest BCUT2D eigenvalue weighted by molar-refractivity contribution is 8.16. The van der Waals surface area contributed by atoms with Gasteiger partial charge in [0.2, 0.25) is 5.91 Å². The molecule has 32 heavy (non-hydrogen) atoms. The summed E-state index contributed by atoms with van der Waals surface area (Å²) in [4.78, 5) is 17.2. The number of carbonyl (C=O) groups is 1. The number of amidine groups is 1. The molecular weight excluding hydrogens is 482 g/mol. The standard InChI is InChI=1S/C19H20F6N2O3S2/c1-2-3-4-5-16(28)26-17-27(14-9-32(29,30)10-15(14)31-17)13-7-11(18(20,21)22)6-12(8-13)19(23,24)25/h6-8,14-15H,2-5,9-10H2,1H3/t14-,15-/m1/s1. The maximum atomic E-state index is 13.3. The molecule has 0 saturated carbocycles. The maximum Gasteiger partial charge on any atom is 0.416 e. The molecule has 5 nitrogen and oxygen atoms in total. The zero-order valence-corrected chi connectivity index (χ0v) is 18.5. The number of halogens is 6. The topological polar surface area (TPSA) is 66.8 Å². The van der Waals surface area contributed by atoms with E-state index in [1.807, 2.05) is 6.92 Å². The number of thioether (sulfide) groups is 1. The second kappa shape index (κ2) is 8.88. The summed E-state index contributed by atoms with van der Waals surface area (Å²) >= 11 is 0.894. The fourth-order valence-electron chi connectivity index (χ4n) is 3.63. The molecule has 0 aromatic heterocycles. The number of carbonyl (C=O) groups excluding carboxylic acids is 1. The number of nitrogens with zero attached hydrogens (tertiary/aromatic N) is 2. The van der Waals surface area contributed by atoms with Crippen LogP contribution in [0.1, 0.15) is 43.7 Å². The Kier molecular flexibility index (Phi) is 6.90. The van der Waals surface area contributed by atoms with E-state index in [1.165, 1.54) is 0 Å². The number of alkyl halides is 6. The van der Waals surface area contributed by atoms with E-state index in [0.717, 1.165) is 29.5 Å². The second-order valence-electron chi connectivity index (χ2n) is 7.68. The van der Waals surface area contributed by atoms with Gasteiger partial charge in [-0.15, -0.1) is 0 Å². The van der Waals surface area contributed by atoms with Crippen LogP contribution in [0.3, 0.4) is 0 Å². The average molecular weight is 503 g/mol. The van der Waals surface area contributed by atoms with Crippen molar-refractivity contribution in [2.75, 3.05) is 16.4 Å². The fourth-order valence-corrected chi connectivity index (χ4v) is 7.56. The molecule has 2 aliphatic rings. The first kappa shape index (κ1) is 24.9. The molecule has 2 saturated heterocycles. The van der Waals surface area contributed by atoms with Crippen molar-refractivity contribution in [2.24, 2.45) is 4.99 Å². The normalized spacial score (nSPS) is 24.2. The lowest BCUT2D eigenvalue weighted by molar-refractivity contribution is -0.143. The molecule has 0 N–H and O–H groups in total. The Morgan fingerprint density at radius 1 is 1.06 bits per heavy atom. The predicted molar refractivity (Wildman–Crippen MR) is 109 cm³/mol. The van der Waals surface area contributed by atoms with Gasteiger partial charge in [0, 0.05) is 17.4 Å². The molecule has 2 heterocycles. The molecule has 178 valence electrons. The van der Waals surface area contributed by atoms with Crippen LogP contribution in [0.2, 0.25) is 0 Å². The van der Waals surface area contributed by atoms with Gasteiger partial charge in [0.1, 0.15) is 0 Å². The van der Waals surface area contributed by atoms with Crippen LogP contribution in [0.25, 0.3) is 0 Å². The monoisotopic (exact) mass is 502 g/mol. The van der Waals surface area contributed by atoms with E-state index >= 15 is 0 Å². The van der Waals surface area contributed by atoms with Crippen LogP contribution in [0.4, 0.5) is 32.0 Å². The second-order valence-corrected chi connectivity index (χ2v) is 11.0. The molecule has 0 radical (unpaired) electrons. The van der Waals surface area contributed by atoms with Gasteiger partial charge in [-0.05, 0) is 24.6 Å². The smallest absolute Gasteiger partial charge is 0.316 e. The van der Waals surface area contributed by atoms with Crippen molar-refractivity contribution >= 4 is 38.4 Å². The molecule has 0 spiro atoms. The van der Waals surface area contributed by atoms with Crippen LogP contribution in [-0.4, -0.2) is 42.3 Å². The quantitative estimate of drug-likeness (QED) is 0.423. The van der Waals surface area contributed by atoms with Crippen molar-refractivity contribution in [3.63, 3.8) is 0 Å². The van der Waals surface area contributed by atoms with Crippen molar-refractivity contribution in [3.8, 4) is 0 Å². The Hall–Kier alpha value is -1.76. The van der Waals surface area contributed by atoms with Crippen molar-refractivity contribution in [2.45, 2.75) is 56.3 Å². The number of hydrogen-bond acceptors (Lipinski definition) is 4. The molecule has 1 aromatic carbocycles. The number of fused-ring (bicyclic) bond motifs is 1. The number of unbranched alkanes of at least 4 members (excludes halogenated alkanes) is 2. The van der Waals surface area contributed by atoms with Gasteiger partial charge in [-0.3, -0.25) is 4.79 Å². The third-order valence-electron chi connectivity index (χ3n) is 5.13. The van der Waals surface area contributed by atoms with Crippen LogP contribution in [0, 0.1) is 0 Å². The molecular formula is C19H20F6N2O3S2. The Morgan fingerprint density at radius 2 is 1.66 bits per heavy atom. The minimum Gasteiger partial charge on any atom is -0.316 e. The zero-order valence-electron chi connectivity index (χ0n) is 16.8. The van der Waals surface area contributed by atoms with Gasteiger partial charge in [0.25, 0.3) is 0 Å². The highest BCUT2D eigenvalue weighted by Crippen LogP contribution is 2.44. The van der Waals surface area contributed by atoms with Gasteiger partial charge in [-0.1, -0.05) is 31.5 Å². The lowest BCUT2D eigenvalue weighted by Crippen LogP contribution is -2.38. The van der Waals surface area contributed by atoms with E-state index in [1.54, 1.807) is 0 Å². The van der Waals surface area contributed by atoms with Gasteiger partial charge in [0.05, 0.1) is 28.7 Å². The molecule has 3 rings (SSSR count). The average Bonchev–Trinajstić information content (AvgIpc) is 3.10. The number of amides is 1. The number of hydrogen-bond donors (Lipinski definition) is 0. The van der Waals surface area contributed by atoms with Crippen LogP contribution in [0.15, 0.2) is 23.2 Å². The number of benzene rings is 1. The molecule has 2 aliphatic heterocycles. The summed E-state index contributed by atoms with van der Waals surface area (Å²) in [5.74, 6) is -1.31. The lowest BCUT2D eigenvalue weighted by atomic mass is 10.1. The van der Waals surface area contributed by atoms with Crippen LogP contribution >= 0.6 is 11.8 Å². The number of rotatable bonds is 5. The van der Waals surface area contributed by atoms with Gasteiger partial charge >= 0.3 is 12.4 Å². The van der Waals surface area contributed by atoms with Crippen molar-refractivity contribution in [3.05, 3.63) is 29.3 Å². The van der Waals surface area contributed by atoms with Crippen molar-refractivity contribution < 1.29 is 39.6 Å². The maximum absolute atomic E-state index is 13.3. The van der Waals surface area contributed by atoms with E-state index in [9.17, 15) is 39.6 Å². The third kappa shape index (κ3) is 5.59. The zero-order chi connectivity index (χ0) is 23.9. The predicted octanol–water partition coefficient (Wildman–Crippen LogP) is 4.91. The SMILES string of the molecule is CCCCCC(=O)N=C1S[C@@H]2CS(=O)(=O)C[C@H]2N1c1cc(C(F)(F)F)cc(C(F)(F)F)c1. The molecule has 2 fully saturated rings. The van der Waals surface area contributed by atoms with Crippen LogP contribution < -0.4 is 4.90 Å². The molecule has 13 heteroatoms.